The molecule has 1 fully saturated rings. The summed E-state index contributed by atoms with van der Waals surface area (Å²) in [5.74, 6) is -2.84. The smallest absolute Gasteiger partial charge is 0.407 e. The summed E-state index contributed by atoms with van der Waals surface area (Å²) in [5.41, 5.74) is 4.65. The molecule has 0 saturated heterocycles. The van der Waals surface area contributed by atoms with Gasteiger partial charge in [0.1, 0.15) is 18.0 Å². The lowest BCUT2D eigenvalue weighted by Gasteiger charge is -2.28. The predicted octanol–water partition coefficient (Wildman–Crippen LogP) is 3.73. The second kappa shape index (κ2) is 12.2. The molecule has 5 N–H and O–H groups in total. The Hall–Kier alpha value is -3.74. The fraction of sp³-hybridized carbons (Fsp3) is 0.520. The highest BCUT2D eigenvalue weighted by Gasteiger charge is 2.37. The Labute approximate surface area is 219 Å². The van der Waals surface area contributed by atoms with Gasteiger partial charge in [-0.15, -0.1) is 0 Å². The van der Waals surface area contributed by atoms with Gasteiger partial charge in [0, 0.05) is 19.2 Å². The van der Waals surface area contributed by atoms with Crippen molar-refractivity contribution >= 4 is 29.3 Å². The largest absolute Gasteiger partial charge is 0.473 e. The predicted molar refractivity (Wildman–Crippen MR) is 137 cm³/mol. The van der Waals surface area contributed by atoms with Crippen LogP contribution in [-0.2, 0) is 9.47 Å². The molecule has 11 nitrogen and oxygen atoms in total. The summed E-state index contributed by atoms with van der Waals surface area (Å²) in [7, 11) is 1.49. The molecule has 0 unspecified atom stereocenters. The Morgan fingerprint density at radius 1 is 1.16 bits per heavy atom. The fourth-order valence-corrected chi connectivity index (χ4v) is 3.68. The van der Waals surface area contributed by atoms with Gasteiger partial charge in [-0.3, -0.25) is 4.79 Å². The topological polar surface area (TPSA) is 150 Å². The van der Waals surface area contributed by atoms with E-state index >= 15 is 4.39 Å². The number of carbonyl (C=O) groups excluding carboxylic acids is 2. The normalized spacial score (nSPS) is 14.8. The second-order valence-electron chi connectivity index (χ2n) is 10.00. The zero-order chi connectivity index (χ0) is 28.0. The first kappa shape index (κ1) is 28.8. The van der Waals surface area contributed by atoms with Crippen molar-refractivity contribution in [3.05, 3.63) is 35.5 Å². The van der Waals surface area contributed by atoms with Crippen molar-refractivity contribution in [2.45, 2.75) is 58.2 Å². The van der Waals surface area contributed by atoms with Gasteiger partial charge in [0.2, 0.25) is 0 Å². The van der Waals surface area contributed by atoms with Gasteiger partial charge in [-0.25, -0.2) is 23.5 Å². The number of aromatic nitrogens is 2. The maximum atomic E-state index is 15.0. The van der Waals surface area contributed by atoms with E-state index in [1.807, 2.05) is 0 Å². The molecule has 2 aromatic heterocycles. The van der Waals surface area contributed by atoms with Crippen LogP contribution in [0.15, 0.2) is 18.3 Å². The van der Waals surface area contributed by atoms with Crippen LogP contribution in [0, 0.1) is 17.6 Å². The molecule has 2 atom stereocenters. The monoisotopic (exact) mass is 536 g/mol. The zero-order valence-electron chi connectivity index (χ0n) is 22.1. The molecule has 2 amide bonds. The highest BCUT2D eigenvalue weighted by molar-refractivity contribution is 5.98. The molecule has 1 aliphatic rings. The van der Waals surface area contributed by atoms with Crippen LogP contribution < -0.4 is 26.4 Å². The van der Waals surface area contributed by atoms with E-state index in [0.29, 0.717) is 0 Å². The van der Waals surface area contributed by atoms with E-state index in [-0.39, 0.29) is 53.9 Å². The number of hydrogen-bond acceptors (Lipinski definition) is 9. The van der Waals surface area contributed by atoms with E-state index in [1.54, 1.807) is 27.7 Å². The van der Waals surface area contributed by atoms with Crippen LogP contribution >= 0.6 is 0 Å². The van der Waals surface area contributed by atoms with Crippen molar-refractivity contribution in [1.29, 1.82) is 0 Å². The molecule has 1 saturated carbocycles. The number of amides is 2. The van der Waals surface area contributed by atoms with Crippen LogP contribution in [0.2, 0.25) is 0 Å². The quantitative estimate of drug-likeness (QED) is 0.298. The van der Waals surface area contributed by atoms with Crippen LogP contribution in [0.4, 0.5) is 30.9 Å². The minimum atomic E-state index is -0.933. The lowest BCUT2D eigenvalue weighted by atomic mass is 10.0. The number of ether oxygens (including phenoxy) is 3. The van der Waals surface area contributed by atoms with Gasteiger partial charge in [-0.2, -0.15) is 0 Å². The molecule has 0 bridgehead atoms. The van der Waals surface area contributed by atoms with Crippen LogP contribution in [0.25, 0.3) is 0 Å². The van der Waals surface area contributed by atoms with Crippen molar-refractivity contribution in [3.63, 3.8) is 0 Å². The van der Waals surface area contributed by atoms with Gasteiger partial charge in [0.25, 0.3) is 11.8 Å². The number of nitrogens with one attached hydrogen (secondary N) is 3. The molecule has 0 spiro atoms. The van der Waals surface area contributed by atoms with Crippen LogP contribution in [-0.4, -0.2) is 60.0 Å². The first-order chi connectivity index (χ1) is 17.9. The molecular weight excluding hydrogens is 502 g/mol. The third-order valence-electron chi connectivity index (χ3n) is 5.55. The second-order valence-corrected chi connectivity index (χ2v) is 10.00. The summed E-state index contributed by atoms with van der Waals surface area (Å²) in [6.45, 7) is 7.41. The van der Waals surface area contributed by atoms with Crippen molar-refractivity contribution in [1.82, 2.24) is 15.3 Å². The number of nitrogens with two attached hydrogens (primary N) is 1. The minimum Gasteiger partial charge on any atom is -0.473 e. The van der Waals surface area contributed by atoms with E-state index in [9.17, 15) is 14.0 Å². The van der Waals surface area contributed by atoms with Crippen molar-refractivity contribution in [2.75, 3.05) is 31.0 Å². The summed E-state index contributed by atoms with van der Waals surface area (Å²) in [4.78, 5) is 32.4. The van der Waals surface area contributed by atoms with E-state index in [4.69, 9.17) is 19.9 Å². The number of hydrogen-bond donors (Lipinski definition) is 4. The molecule has 0 radical (unpaired) electrons. The van der Waals surface area contributed by atoms with E-state index in [2.05, 4.69) is 25.9 Å². The number of alkyl carbamates (subject to hydrolysis) is 1. The van der Waals surface area contributed by atoms with Gasteiger partial charge in [0.05, 0.1) is 30.1 Å². The Kier molecular flexibility index (Phi) is 9.26. The lowest BCUT2D eigenvalue weighted by molar-refractivity contribution is 0.0501. The van der Waals surface area contributed by atoms with Crippen LogP contribution in [0.5, 0.6) is 5.88 Å². The molecule has 38 heavy (non-hydrogen) atoms. The summed E-state index contributed by atoms with van der Waals surface area (Å²) in [6, 6.07) is 1.23. The fourth-order valence-electron chi connectivity index (χ4n) is 3.68. The summed E-state index contributed by atoms with van der Waals surface area (Å²) < 4.78 is 44.8. The number of carbonyl (C=O) groups is 2. The number of primary amides is 1. The standard InChI is InChI=1S/C25H34F2N6O5/c1-13(30-24(35)38-25(2,3)4)19(14-6-7-14)32-22-17(26)11-16(20(28)34)21(33-22)31-15-10-18(27)23(29-12-15)37-9-8-36-5/h10-14,19H,6-9H2,1-5H3,(H2,28,34)(H,30,35)(H2,31,32,33)/t13-,19-/m0/s1. The van der Waals surface area contributed by atoms with E-state index in [1.165, 1.54) is 13.3 Å². The lowest BCUT2D eigenvalue weighted by Crippen LogP contribution is -2.47. The average molecular weight is 537 g/mol. The van der Waals surface area contributed by atoms with Crippen LogP contribution in [0.3, 0.4) is 0 Å². The number of anilines is 3. The third kappa shape index (κ3) is 8.13. The highest BCUT2D eigenvalue weighted by atomic mass is 19.1. The van der Waals surface area contributed by atoms with E-state index < -0.39 is 35.3 Å². The van der Waals surface area contributed by atoms with E-state index in [0.717, 1.165) is 25.0 Å². The van der Waals surface area contributed by atoms with Gasteiger partial charge in [-0.05, 0) is 52.5 Å². The molecule has 2 heterocycles. The highest BCUT2D eigenvalue weighted by Crippen LogP contribution is 2.36. The molecular formula is C25H34F2N6O5. The molecule has 0 aromatic carbocycles. The SMILES string of the molecule is COCCOc1ncc(Nc2nc(N[C@H](C3CC3)[C@H](C)NC(=O)OC(C)(C)C)c(F)cc2C(N)=O)cc1F. The first-order valence-corrected chi connectivity index (χ1v) is 12.2. The maximum absolute atomic E-state index is 15.0. The number of rotatable bonds is 12. The minimum absolute atomic E-state index is 0.0991. The third-order valence-corrected chi connectivity index (χ3v) is 5.55. The zero-order valence-corrected chi connectivity index (χ0v) is 22.1. The first-order valence-electron chi connectivity index (χ1n) is 12.2. The van der Waals surface area contributed by atoms with Gasteiger partial charge in [0.15, 0.2) is 17.5 Å². The Bertz CT molecular complexity index is 1160. The average Bonchev–Trinajstić information content (AvgIpc) is 3.64. The van der Waals surface area contributed by atoms with Crippen molar-refractivity contribution in [3.8, 4) is 5.88 Å². The molecule has 1 aliphatic carbocycles. The summed E-state index contributed by atoms with van der Waals surface area (Å²) in [5, 5.41) is 8.60. The van der Waals surface area contributed by atoms with Crippen LogP contribution in [0.1, 0.15) is 50.9 Å². The maximum Gasteiger partial charge on any atom is 0.407 e. The summed E-state index contributed by atoms with van der Waals surface area (Å²) in [6.07, 6.45) is 2.44. The van der Waals surface area contributed by atoms with Crippen molar-refractivity contribution in [2.24, 2.45) is 11.7 Å². The molecule has 2 aromatic rings. The van der Waals surface area contributed by atoms with Gasteiger partial charge < -0.3 is 35.9 Å². The van der Waals surface area contributed by atoms with Gasteiger partial charge >= 0.3 is 6.09 Å². The molecule has 0 aliphatic heterocycles. The number of methoxy groups -OCH3 is 1. The summed E-state index contributed by atoms with van der Waals surface area (Å²) >= 11 is 0. The molecule has 208 valence electrons. The Balaban J connectivity index is 1.82. The van der Waals surface area contributed by atoms with Gasteiger partial charge in [-0.1, -0.05) is 0 Å². The van der Waals surface area contributed by atoms with Crippen molar-refractivity contribution < 1.29 is 32.6 Å². The Morgan fingerprint density at radius 2 is 1.87 bits per heavy atom. The molecule has 13 heteroatoms. The number of nitrogens with zero attached hydrogens (tertiary/aromatic N) is 2. The number of halogens is 2. The number of pyridine rings is 2. The Morgan fingerprint density at radius 3 is 2.45 bits per heavy atom. The molecule has 3 rings (SSSR count).